The van der Waals surface area contributed by atoms with Gasteiger partial charge in [0.25, 0.3) is 0 Å². The summed E-state index contributed by atoms with van der Waals surface area (Å²) in [6.07, 6.45) is -0.0950. The average molecular weight is 214 g/mol. The molecule has 1 aliphatic rings. The summed E-state index contributed by atoms with van der Waals surface area (Å²) < 4.78 is 5.52. The topological polar surface area (TPSA) is 41.5 Å². The molecule has 2 rings (SSSR count). The fourth-order valence-electron chi connectivity index (χ4n) is 1.55. The van der Waals surface area contributed by atoms with Crippen molar-refractivity contribution in [3.05, 3.63) is 28.8 Å². The molecular weight excluding hydrogens is 202 g/mol. The minimum Gasteiger partial charge on any atom is -0.508 e. The molecule has 1 aromatic rings. The molecule has 0 amide bonds. The average Bonchev–Trinajstić information content (AvgIpc) is 2.23. The Morgan fingerprint density at radius 1 is 1.50 bits per heavy atom. The lowest BCUT2D eigenvalue weighted by atomic mass is 10.1. The first kappa shape index (κ1) is 9.77. The van der Waals surface area contributed by atoms with E-state index >= 15 is 0 Å². The fraction of sp³-hybridized carbons (Fsp3) is 0.400. The van der Waals surface area contributed by atoms with Crippen LogP contribution >= 0.6 is 11.6 Å². The molecule has 1 unspecified atom stereocenters. The van der Waals surface area contributed by atoms with Crippen LogP contribution in [0.2, 0.25) is 5.02 Å². The summed E-state index contributed by atoms with van der Waals surface area (Å²) in [5.41, 5.74) is 0.754. The summed E-state index contributed by atoms with van der Waals surface area (Å²) in [6.45, 7) is 2.24. The smallest absolute Gasteiger partial charge is 0.121 e. The Balaban J connectivity index is 2.24. The van der Waals surface area contributed by atoms with Crippen LogP contribution in [0.5, 0.6) is 5.75 Å². The van der Waals surface area contributed by atoms with Crippen LogP contribution in [0, 0.1) is 0 Å². The van der Waals surface area contributed by atoms with E-state index in [1.54, 1.807) is 18.2 Å². The third-order valence-corrected chi connectivity index (χ3v) is 2.50. The zero-order chi connectivity index (χ0) is 9.97. The van der Waals surface area contributed by atoms with Crippen molar-refractivity contribution in [3.63, 3.8) is 0 Å². The minimum atomic E-state index is -0.0950. The van der Waals surface area contributed by atoms with E-state index in [9.17, 15) is 5.11 Å². The molecule has 0 radical (unpaired) electrons. The highest BCUT2D eigenvalue weighted by Crippen LogP contribution is 2.29. The van der Waals surface area contributed by atoms with E-state index in [4.69, 9.17) is 16.3 Å². The lowest BCUT2D eigenvalue weighted by Crippen LogP contribution is -2.33. The first-order valence-electron chi connectivity index (χ1n) is 4.58. The van der Waals surface area contributed by atoms with E-state index in [1.165, 1.54) is 0 Å². The molecule has 1 atom stereocenters. The van der Waals surface area contributed by atoms with Crippen LogP contribution in [-0.2, 0) is 4.74 Å². The summed E-state index contributed by atoms with van der Waals surface area (Å²) in [5, 5.41) is 13.4. The van der Waals surface area contributed by atoms with Crippen LogP contribution in [0.3, 0.4) is 0 Å². The van der Waals surface area contributed by atoms with Crippen LogP contribution in [0.15, 0.2) is 18.2 Å². The maximum atomic E-state index is 9.62. The van der Waals surface area contributed by atoms with E-state index in [0.717, 1.165) is 12.1 Å². The summed E-state index contributed by atoms with van der Waals surface area (Å²) >= 11 is 5.85. The van der Waals surface area contributed by atoms with Gasteiger partial charge in [-0.2, -0.15) is 0 Å². The van der Waals surface area contributed by atoms with E-state index in [-0.39, 0.29) is 11.9 Å². The largest absolute Gasteiger partial charge is 0.508 e. The highest BCUT2D eigenvalue weighted by molar-refractivity contribution is 6.30. The number of nitrogens with one attached hydrogen (secondary N) is 1. The van der Waals surface area contributed by atoms with Crippen molar-refractivity contribution < 1.29 is 9.84 Å². The molecule has 76 valence electrons. The Morgan fingerprint density at radius 2 is 2.36 bits per heavy atom. The molecule has 0 spiro atoms. The third kappa shape index (κ3) is 2.00. The lowest BCUT2D eigenvalue weighted by molar-refractivity contribution is 0.0263. The van der Waals surface area contributed by atoms with Gasteiger partial charge in [0.15, 0.2) is 0 Å². The van der Waals surface area contributed by atoms with Crippen LogP contribution in [0.1, 0.15) is 11.7 Å². The summed E-state index contributed by atoms with van der Waals surface area (Å²) in [6, 6.07) is 5.00. The quantitative estimate of drug-likeness (QED) is 0.746. The van der Waals surface area contributed by atoms with Gasteiger partial charge in [-0.15, -0.1) is 0 Å². The number of phenols is 1. The molecule has 3 nitrogen and oxygen atoms in total. The second-order valence-electron chi connectivity index (χ2n) is 3.27. The van der Waals surface area contributed by atoms with Crippen LogP contribution in [0.25, 0.3) is 0 Å². The second kappa shape index (κ2) is 4.17. The monoisotopic (exact) mass is 213 g/mol. The molecule has 0 aromatic heterocycles. The van der Waals surface area contributed by atoms with Crippen molar-refractivity contribution in [3.8, 4) is 5.75 Å². The Hall–Kier alpha value is -0.770. The highest BCUT2D eigenvalue weighted by atomic mass is 35.5. The number of hydrogen-bond donors (Lipinski definition) is 2. The number of benzene rings is 1. The van der Waals surface area contributed by atoms with Crippen molar-refractivity contribution in [2.45, 2.75) is 6.10 Å². The molecule has 1 heterocycles. The van der Waals surface area contributed by atoms with Gasteiger partial charge in [0.05, 0.1) is 12.7 Å². The van der Waals surface area contributed by atoms with Crippen molar-refractivity contribution >= 4 is 11.6 Å². The Morgan fingerprint density at radius 3 is 3.07 bits per heavy atom. The number of rotatable bonds is 1. The highest BCUT2D eigenvalue weighted by Gasteiger charge is 2.18. The molecule has 1 saturated heterocycles. The zero-order valence-electron chi connectivity index (χ0n) is 7.66. The standard InChI is InChI=1S/C10H12ClNO2/c11-7-1-2-9(13)8(5-7)10-6-12-3-4-14-10/h1-2,5,10,12-13H,3-4,6H2. The summed E-state index contributed by atoms with van der Waals surface area (Å²) in [7, 11) is 0. The molecule has 0 aliphatic carbocycles. The van der Waals surface area contributed by atoms with Crippen LogP contribution < -0.4 is 5.32 Å². The van der Waals surface area contributed by atoms with Crippen molar-refractivity contribution in [2.75, 3.05) is 19.7 Å². The Bertz CT molecular complexity index is 324. The molecule has 1 aromatic carbocycles. The van der Waals surface area contributed by atoms with E-state index in [0.29, 0.717) is 18.2 Å². The van der Waals surface area contributed by atoms with Gasteiger partial charge >= 0.3 is 0 Å². The minimum absolute atomic E-state index is 0.0950. The zero-order valence-corrected chi connectivity index (χ0v) is 8.42. The summed E-state index contributed by atoms with van der Waals surface area (Å²) in [4.78, 5) is 0. The molecule has 0 bridgehead atoms. The lowest BCUT2D eigenvalue weighted by Gasteiger charge is -2.24. The van der Waals surface area contributed by atoms with E-state index in [1.807, 2.05) is 0 Å². The maximum absolute atomic E-state index is 9.62. The van der Waals surface area contributed by atoms with Crippen molar-refractivity contribution in [2.24, 2.45) is 0 Å². The number of ether oxygens (including phenoxy) is 1. The SMILES string of the molecule is Oc1ccc(Cl)cc1C1CNCCO1. The second-order valence-corrected chi connectivity index (χ2v) is 3.70. The Kier molecular flexibility index (Phi) is 2.91. The molecule has 4 heteroatoms. The van der Waals surface area contributed by atoms with Crippen molar-refractivity contribution in [1.82, 2.24) is 5.32 Å². The normalized spacial score (nSPS) is 22.2. The van der Waals surface area contributed by atoms with Crippen LogP contribution in [-0.4, -0.2) is 24.8 Å². The maximum Gasteiger partial charge on any atom is 0.121 e. The predicted molar refractivity (Wildman–Crippen MR) is 54.7 cm³/mol. The van der Waals surface area contributed by atoms with Gasteiger partial charge in [0.2, 0.25) is 0 Å². The predicted octanol–water partition coefficient (Wildman–Crippen LogP) is 1.71. The molecule has 1 fully saturated rings. The van der Waals surface area contributed by atoms with Gasteiger partial charge in [-0.1, -0.05) is 11.6 Å². The van der Waals surface area contributed by atoms with Gasteiger partial charge in [-0.3, -0.25) is 0 Å². The molecular formula is C10H12ClNO2. The first-order valence-corrected chi connectivity index (χ1v) is 4.96. The Labute approximate surface area is 87.6 Å². The van der Waals surface area contributed by atoms with Crippen molar-refractivity contribution in [1.29, 1.82) is 0 Å². The van der Waals surface area contributed by atoms with Gasteiger partial charge in [-0.05, 0) is 18.2 Å². The fourth-order valence-corrected chi connectivity index (χ4v) is 1.73. The molecule has 0 saturated carbocycles. The number of halogens is 1. The number of phenolic OH excluding ortho intramolecular Hbond substituents is 1. The van der Waals surface area contributed by atoms with E-state index < -0.39 is 0 Å². The first-order chi connectivity index (χ1) is 6.77. The number of hydrogen-bond acceptors (Lipinski definition) is 3. The molecule has 1 aliphatic heterocycles. The van der Waals surface area contributed by atoms with Gasteiger partial charge in [0, 0.05) is 23.7 Å². The van der Waals surface area contributed by atoms with Gasteiger partial charge in [-0.25, -0.2) is 0 Å². The van der Waals surface area contributed by atoms with Gasteiger partial charge < -0.3 is 15.2 Å². The number of aromatic hydroxyl groups is 1. The summed E-state index contributed by atoms with van der Waals surface area (Å²) in [5.74, 6) is 0.239. The van der Waals surface area contributed by atoms with E-state index in [2.05, 4.69) is 5.32 Å². The van der Waals surface area contributed by atoms with Crippen LogP contribution in [0.4, 0.5) is 0 Å². The molecule has 14 heavy (non-hydrogen) atoms. The number of morpholine rings is 1. The third-order valence-electron chi connectivity index (χ3n) is 2.26. The van der Waals surface area contributed by atoms with Gasteiger partial charge in [0.1, 0.15) is 5.75 Å². The molecule has 2 N–H and O–H groups in total.